The molecule has 1 aromatic carbocycles. The second-order valence-electron chi connectivity index (χ2n) is 5.43. The van der Waals surface area contributed by atoms with Crippen molar-refractivity contribution in [1.82, 2.24) is 4.98 Å². The fourth-order valence-corrected chi connectivity index (χ4v) is 3.00. The highest BCUT2D eigenvalue weighted by Gasteiger charge is 2.25. The molecule has 0 bridgehead atoms. The van der Waals surface area contributed by atoms with E-state index in [1.807, 2.05) is 6.07 Å². The van der Waals surface area contributed by atoms with Crippen molar-refractivity contribution in [2.24, 2.45) is 5.73 Å². The molecule has 1 atom stereocenters. The number of rotatable bonds is 4. The Morgan fingerprint density at radius 3 is 2.78 bits per heavy atom. The molecular weight excluding hydrogens is 321 g/mol. The number of ether oxygens (including phenoxy) is 1. The first kappa shape index (κ1) is 15.7. The van der Waals surface area contributed by atoms with Crippen molar-refractivity contribution in [1.29, 1.82) is 0 Å². The Labute approximate surface area is 133 Å². The summed E-state index contributed by atoms with van der Waals surface area (Å²) in [5.74, 6) is 0.0312. The van der Waals surface area contributed by atoms with E-state index >= 15 is 0 Å². The third kappa shape index (κ3) is 3.43. The Balaban J connectivity index is 1.90. The zero-order chi connectivity index (χ0) is 16.6. The van der Waals surface area contributed by atoms with Crippen LogP contribution in [0.4, 0.5) is 10.2 Å². The highest BCUT2D eigenvalue weighted by atomic mass is 32.2. The first-order valence-electron chi connectivity index (χ1n) is 6.99. The molecule has 1 aromatic heterocycles. The van der Waals surface area contributed by atoms with Gasteiger partial charge in [0.05, 0.1) is 6.26 Å². The molecule has 23 heavy (non-hydrogen) atoms. The molecule has 3 N–H and O–H groups in total. The highest BCUT2D eigenvalue weighted by Crippen LogP contribution is 2.35. The van der Waals surface area contributed by atoms with Gasteiger partial charge in [-0.15, -0.1) is 0 Å². The van der Waals surface area contributed by atoms with Crippen LogP contribution in [0.2, 0.25) is 0 Å². The van der Waals surface area contributed by atoms with E-state index in [0.29, 0.717) is 24.1 Å². The van der Waals surface area contributed by atoms with Gasteiger partial charge in [0.1, 0.15) is 11.9 Å². The summed E-state index contributed by atoms with van der Waals surface area (Å²) in [5.41, 5.74) is 7.67. The molecule has 0 aliphatic carbocycles. The van der Waals surface area contributed by atoms with E-state index in [-0.39, 0.29) is 17.7 Å². The van der Waals surface area contributed by atoms with Crippen molar-refractivity contribution in [3.05, 3.63) is 41.8 Å². The van der Waals surface area contributed by atoms with Crippen molar-refractivity contribution in [3.63, 3.8) is 0 Å². The van der Waals surface area contributed by atoms with Crippen molar-refractivity contribution >= 4 is 15.8 Å². The van der Waals surface area contributed by atoms with Gasteiger partial charge in [0.25, 0.3) is 0 Å². The van der Waals surface area contributed by atoms with Gasteiger partial charge in [-0.3, -0.25) is 4.72 Å². The summed E-state index contributed by atoms with van der Waals surface area (Å²) in [6, 6.07) is 6.42. The van der Waals surface area contributed by atoms with Crippen LogP contribution in [0, 0.1) is 5.82 Å². The van der Waals surface area contributed by atoms with Gasteiger partial charge in [-0.2, -0.15) is 0 Å². The van der Waals surface area contributed by atoms with E-state index in [2.05, 4.69) is 9.71 Å². The lowest BCUT2D eigenvalue weighted by Crippen LogP contribution is -2.24. The normalized spacial score (nSPS) is 16.7. The fraction of sp³-hybridized carbons (Fsp3) is 0.267. The summed E-state index contributed by atoms with van der Waals surface area (Å²) in [6.07, 6.45) is 2.91. The largest absolute Gasteiger partial charge is 0.485 e. The average molecular weight is 337 g/mol. The maximum Gasteiger partial charge on any atom is 0.230 e. The number of benzene rings is 1. The molecule has 1 aliphatic rings. The van der Waals surface area contributed by atoms with Crippen LogP contribution in [-0.4, -0.2) is 32.3 Å². The number of pyridine rings is 1. The molecule has 1 unspecified atom stereocenters. The van der Waals surface area contributed by atoms with Crippen LogP contribution in [-0.2, 0) is 16.4 Å². The zero-order valence-corrected chi connectivity index (χ0v) is 13.2. The Hall–Kier alpha value is -2.19. The third-order valence-electron chi connectivity index (χ3n) is 3.50. The predicted octanol–water partition coefficient (Wildman–Crippen LogP) is 1.52. The Morgan fingerprint density at radius 1 is 1.39 bits per heavy atom. The van der Waals surface area contributed by atoms with Gasteiger partial charge < -0.3 is 10.5 Å². The Morgan fingerprint density at radius 2 is 2.17 bits per heavy atom. The molecule has 0 spiro atoms. The number of hydrogen-bond acceptors (Lipinski definition) is 5. The minimum Gasteiger partial charge on any atom is -0.485 e. The van der Waals surface area contributed by atoms with Gasteiger partial charge in [0, 0.05) is 30.3 Å². The summed E-state index contributed by atoms with van der Waals surface area (Å²) in [4.78, 5) is 4.03. The Bertz CT molecular complexity index is 838. The number of fused-ring (bicyclic) bond motifs is 1. The SMILES string of the molecule is CS(=O)(=O)Nc1ccc(-c2cc(F)c3c(c2)CC(CN)O3)cn1. The minimum absolute atomic E-state index is 0.200. The van der Waals surface area contributed by atoms with Crippen LogP contribution in [0.15, 0.2) is 30.5 Å². The molecule has 122 valence electrons. The lowest BCUT2D eigenvalue weighted by molar-refractivity contribution is 0.232. The summed E-state index contributed by atoms with van der Waals surface area (Å²) in [5, 5.41) is 0. The van der Waals surface area contributed by atoms with Gasteiger partial charge in [-0.05, 0) is 29.8 Å². The second-order valence-corrected chi connectivity index (χ2v) is 7.18. The van der Waals surface area contributed by atoms with Crippen molar-refractivity contribution in [2.45, 2.75) is 12.5 Å². The number of halogens is 1. The van der Waals surface area contributed by atoms with Crippen LogP contribution in [0.3, 0.4) is 0 Å². The van der Waals surface area contributed by atoms with E-state index < -0.39 is 15.8 Å². The third-order valence-corrected chi connectivity index (χ3v) is 4.08. The van der Waals surface area contributed by atoms with E-state index in [9.17, 15) is 12.8 Å². The average Bonchev–Trinajstić information content (AvgIpc) is 2.90. The number of hydrogen-bond donors (Lipinski definition) is 2. The van der Waals surface area contributed by atoms with E-state index in [4.69, 9.17) is 10.5 Å². The highest BCUT2D eigenvalue weighted by molar-refractivity contribution is 7.92. The van der Waals surface area contributed by atoms with Gasteiger partial charge in [0.2, 0.25) is 10.0 Å². The molecule has 1 aliphatic heterocycles. The molecule has 3 rings (SSSR count). The molecule has 0 amide bonds. The van der Waals surface area contributed by atoms with Crippen LogP contribution in [0.25, 0.3) is 11.1 Å². The first-order chi connectivity index (χ1) is 10.9. The van der Waals surface area contributed by atoms with Gasteiger partial charge in [0.15, 0.2) is 11.6 Å². The van der Waals surface area contributed by atoms with Crippen molar-refractivity contribution < 1.29 is 17.5 Å². The molecule has 2 heterocycles. The number of aromatic nitrogens is 1. The molecular formula is C15H16FN3O3S. The number of sulfonamides is 1. The molecule has 0 saturated heterocycles. The number of nitrogens with zero attached hydrogens (tertiary/aromatic N) is 1. The topological polar surface area (TPSA) is 94.3 Å². The molecule has 8 heteroatoms. The number of anilines is 1. The van der Waals surface area contributed by atoms with Crippen molar-refractivity contribution in [3.8, 4) is 16.9 Å². The summed E-state index contributed by atoms with van der Waals surface area (Å²) in [7, 11) is -3.38. The molecule has 6 nitrogen and oxygen atoms in total. The lowest BCUT2D eigenvalue weighted by atomic mass is 10.0. The summed E-state index contributed by atoms with van der Waals surface area (Å²) < 4.78 is 44.2. The maximum absolute atomic E-state index is 14.2. The summed E-state index contributed by atoms with van der Waals surface area (Å²) in [6.45, 7) is 0.330. The second kappa shape index (κ2) is 5.78. The van der Waals surface area contributed by atoms with Gasteiger partial charge in [-0.1, -0.05) is 0 Å². The molecule has 0 saturated carbocycles. The van der Waals surface area contributed by atoms with Gasteiger partial charge >= 0.3 is 0 Å². The predicted molar refractivity (Wildman–Crippen MR) is 85.3 cm³/mol. The Kier molecular flexibility index (Phi) is 3.95. The van der Waals surface area contributed by atoms with E-state index in [0.717, 1.165) is 11.8 Å². The number of nitrogens with one attached hydrogen (secondary N) is 1. The van der Waals surface area contributed by atoms with Crippen LogP contribution in [0.1, 0.15) is 5.56 Å². The van der Waals surface area contributed by atoms with Crippen molar-refractivity contribution in [2.75, 3.05) is 17.5 Å². The zero-order valence-electron chi connectivity index (χ0n) is 12.4. The fourth-order valence-electron chi connectivity index (χ4n) is 2.50. The van der Waals surface area contributed by atoms with Crippen LogP contribution < -0.4 is 15.2 Å². The maximum atomic E-state index is 14.2. The smallest absolute Gasteiger partial charge is 0.230 e. The lowest BCUT2D eigenvalue weighted by Gasteiger charge is -2.08. The van der Waals surface area contributed by atoms with E-state index in [1.165, 1.54) is 18.3 Å². The van der Waals surface area contributed by atoms with Gasteiger partial charge in [-0.25, -0.2) is 17.8 Å². The minimum atomic E-state index is -3.38. The van der Waals surface area contributed by atoms with Crippen LogP contribution in [0.5, 0.6) is 5.75 Å². The quantitative estimate of drug-likeness (QED) is 0.882. The number of nitrogens with two attached hydrogens (primary N) is 1. The first-order valence-corrected chi connectivity index (χ1v) is 8.88. The molecule has 0 radical (unpaired) electrons. The molecule has 0 fully saturated rings. The summed E-state index contributed by atoms with van der Waals surface area (Å²) >= 11 is 0. The van der Waals surface area contributed by atoms with E-state index in [1.54, 1.807) is 6.07 Å². The molecule has 2 aromatic rings. The van der Waals surface area contributed by atoms with Crippen LogP contribution >= 0.6 is 0 Å². The monoisotopic (exact) mass is 337 g/mol. The standard InChI is InChI=1S/C15H16FN3O3S/c1-23(20,21)19-14-3-2-9(8-18-14)10-4-11-5-12(7-17)22-15(11)13(16)6-10/h2-4,6,8,12H,5,7,17H2,1H3,(H,18,19).